The molecule has 118 valence electrons. The van der Waals surface area contributed by atoms with Crippen molar-refractivity contribution < 1.29 is 19.1 Å². The summed E-state index contributed by atoms with van der Waals surface area (Å²) in [4.78, 5) is 23.7. The summed E-state index contributed by atoms with van der Waals surface area (Å²) in [6, 6.07) is 7.68. The number of rotatable bonds is 5. The summed E-state index contributed by atoms with van der Waals surface area (Å²) in [6.07, 6.45) is 3.78. The van der Waals surface area contributed by atoms with Gasteiger partial charge in [-0.05, 0) is 44.1 Å². The summed E-state index contributed by atoms with van der Waals surface area (Å²) in [5.41, 5.74) is 1.24. The van der Waals surface area contributed by atoms with Crippen molar-refractivity contribution in [1.29, 1.82) is 0 Å². The van der Waals surface area contributed by atoms with E-state index >= 15 is 0 Å². The molecule has 0 spiro atoms. The van der Waals surface area contributed by atoms with Crippen LogP contribution in [0.2, 0.25) is 0 Å². The van der Waals surface area contributed by atoms with Gasteiger partial charge >= 0.3 is 11.9 Å². The second kappa shape index (κ2) is 8.55. The lowest BCUT2D eigenvalue weighted by atomic mass is 9.82. The highest BCUT2D eigenvalue weighted by Gasteiger charge is 2.31. The van der Waals surface area contributed by atoms with Crippen LogP contribution in [-0.2, 0) is 20.6 Å². The number of halogens is 1. The smallest absolute Gasteiger partial charge is 0.314 e. The normalized spacial score (nSPS) is 21.0. The molecule has 22 heavy (non-hydrogen) atoms. The van der Waals surface area contributed by atoms with E-state index in [9.17, 15) is 9.59 Å². The molecule has 2 rings (SSSR count). The Labute approximate surface area is 145 Å². The Kier molecular flexibility index (Phi) is 6.73. The van der Waals surface area contributed by atoms with E-state index in [1.807, 2.05) is 24.3 Å². The zero-order valence-electron chi connectivity index (χ0n) is 12.7. The lowest BCUT2D eigenvalue weighted by molar-refractivity contribution is -0.149. The van der Waals surface area contributed by atoms with E-state index in [2.05, 4.69) is 22.4 Å². The molecule has 0 amide bonds. The molecule has 1 aromatic carbocycles. The van der Waals surface area contributed by atoms with Crippen LogP contribution in [-0.4, -0.2) is 24.2 Å². The van der Waals surface area contributed by atoms with Crippen LogP contribution in [0, 0.1) is 11.8 Å². The van der Waals surface area contributed by atoms with E-state index in [1.165, 1.54) is 12.7 Å². The van der Waals surface area contributed by atoms with Crippen molar-refractivity contribution >= 4 is 39.4 Å². The highest BCUT2D eigenvalue weighted by atomic mass is 127. The molecular weight excluding hydrogens is 394 g/mol. The average Bonchev–Trinajstić information content (AvgIpc) is 2.56. The lowest BCUT2D eigenvalue weighted by Crippen LogP contribution is -2.29. The summed E-state index contributed by atoms with van der Waals surface area (Å²) in [5, 5.41) is 1.07. The minimum atomic E-state index is -0.190. The van der Waals surface area contributed by atoms with Gasteiger partial charge in [-0.3, -0.25) is 9.59 Å². The molecule has 0 bridgehead atoms. The largest absolute Gasteiger partial charge is 0.469 e. The van der Waals surface area contributed by atoms with Gasteiger partial charge in [0.05, 0.1) is 18.9 Å². The molecule has 1 saturated carbocycles. The predicted molar refractivity (Wildman–Crippen MR) is 94.4 cm³/mol. The first-order valence-corrected chi connectivity index (χ1v) is 9.11. The van der Waals surface area contributed by atoms with Crippen LogP contribution in [0.3, 0.4) is 0 Å². The zero-order chi connectivity index (χ0) is 15.9. The Hall–Kier alpha value is -1.05. The van der Waals surface area contributed by atoms with Crippen molar-refractivity contribution in [1.82, 2.24) is 0 Å². The van der Waals surface area contributed by atoms with Gasteiger partial charge in [-0.1, -0.05) is 17.7 Å². The van der Waals surface area contributed by atoms with Crippen LogP contribution < -0.4 is 4.74 Å². The predicted octanol–water partition coefficient (Wildman–Crippen LogP) is 2.86. The maximum atomic E-state index is 12.2. The van der Waals surface area contributed by atoms with Crippen LogP contribution >= 0.6 is 22.4 Å². The quantitative estimate of drug-likeness (QED) is 0.322. The second-order valence-electron chi connectivity index (χ2n) is 5.58. The third kappa shape index (κ3) is 4.73. The molecule has 1 aromatic rings. The minimum absolute atomic E-state index is 0.0680. The first-order valence-electron chi connectivity index (χ1n) is 7.58. The lowest BCUT2D eigenvalue weighted by Gasteiger charge is -2.25. The fraction of sp³-hybridized carbons (Fsp3) is 0.500. The molecule has 4 nitrogen and oxygen atoms in total. The molecule has 1 aliphatic carbocycles. The Morgan fingerprint density at radius 2 is 1.64 bits per heavy atom. The Bertz CT molecular complexity index is 509. The zero-order valence-corrected chi connectivity index (χ0v) is 14.9. The van der Waals surface area contributed by atoms with Crippen molar-refractivity contribution in [3.05, 3.63) is 29.8 Å². The fourth-order valence-electron chi connectivity index (χ4n) is 2.76. The third-order valence-electron chi connectivity index (χ3n) is 4.12. The summed E-state index contributed by atoms with van der Waals surface area (Å²) >= 11 is 2.34. The second-order valence-corrected chi connectivity index (χ2v) is 6.65. The van der Waals surface area contributed by atoms with E-state index in [0.29, 0.717) is 31.4 Å². The number of carbonyl (C=O) groups is 2. The Morgan fingerprint density at radius 1 is 1.09 bits per heavy atom. The van der Waals surface area contributed by atoms with Crippen LogP contribution in [0.4, 0.5) is 0 Å². The van der Waals surface area contributed by atoms with Gasteiger partial charge in [0.2, 0.25) is 5.14 Å². The SMILES string of the molecule is COC(=O)[C@H]1CC[C@H](C(=O)Oc2ccc(CBI)cc2)CC1. The van der Waals surface area contributed by atoms with E-state index in [0.717, 1.165) is 11.5 Å². The molecule has 0 heterocycles. The number of esters is 2. The standard InChI is InChI=1S/C16H20BIO4/c1-21-15(19)12-4-6-13(7-5-12)16(20)22-14-8-2-11(3-9-14)10-17-18/h2-3,8-9,12-13,17H,4-7,10H2,1H3/t12-,13-. The molecule has 0 radical (unpaired) electrons. The van der Waals surface area contributed by atoms with Gasteiger partial charge in [0.1, 0.15) is 5.75 Å². The Balaban J connectivity index is 1.84. The van der Waals surface area contributed by atoms with E-state index in [-0.39, 0.29) is 23.8 Å². The number of ether oxygens (including phenoxy) is 2. The maximum absolute atomic E-state index is 12.2. The summed E-state index contributed by atoms with van der Waals surface area (Å²) in [5.74, 6) is 0.0523. The van der Waals surface area contributed by atoms with Gasteiger partial charge in [0.15, 0.2) is 0 Å². The van der Waals surface area contributed by atoms with Crippen LogP contribution in [0.25, 0.3) is 0 Å². The first-order chi connectivity index (χ1) is 10.6. The molecule has 1 fully saturated rings. The summed E-state index contributed by atoms with van der Waals surface area (Å²) < 4.78 is 10.2. The summed E-state index contributed by atoms with van der Waals surface area (Å²) in [7, 11) is 1.41. The number of carbonyl (C=O) groups excluding carboxylic acids is 2. The van der Waals surface area contributed by atoms with Crippen LogP contribution in [0.5, 0.6) is 5.75 Å². The van der Waals surface area contributed by atoms with Gasteiger partial charge in [0, 0.05) is 0 Å². The van der Waals surface area contributed by atoms with E-state index in [1.54, 1.807) is 0 Å². The molecule has 1 aliphatic rings. The molecular formula is C16H20BIO4. The van der Waals surface area contributed by atoms with Gasteiger partial charge in [-0.25, -0.2) is 0 Å². The highest BCUT2D eigenvalue weighted by Crippen LogP contribution is 2.30. The molecule has 6 heteroatoms. The fourth-order valence-corrected chi connectivity index (χ4v) is 3.39. The van der Waals surface area contributed by atoms with Gasteiger partial charge in [-0.15, -0.1) is 0 Å². The van der Waals surface area contributed by atoms with Crippen molar-refractivity contribution in [2.45, 2.75) is 32.0 Å². The number of benzene rings is 1. The van der Waals surface area contributed by atoms with Crippen LogP contribution in [0.1, 0.15) is 31.2 Å². The molecule has 0 N–H and O–H groups in total. The van der Waals surface area contributed by atoms with Crippen molar-refractivity contribution in [3.63, 3.8) is 0 Å². The molecule has 0 aliphatic heterocycles. The number of hydrogen-bond donors (Lipinski definition) is 0. The van der Waals surface area contributed by atoms with Crippen molar-refractivity contribution in [3.8, 4) is 5.75 Å². The maximum Gasteiger partial charge on any atom is 0.314 e. The minimum Gasteiger partial charge on any atom is -0.469 e. The summed E-state index contributed by atoms with van der Waals surface area (Å²) in [6.45, 7) is 0. The van der Waals surface area contributed by atoms with Crippen molar-refractivity contribution in [2.24, 2.45) is 11.8 Å². The van der Waals surface area contributed by atoms with Gasteiger partial charge in [0.25, 0.3) is 0 Å². The topological polar surface area (TPSA) is 52.6 Å². The van der Waals surface area contributed by atoms with Gasteiger partial charge in [-0.2, -0.15) is 22.4 Å². The van der Waals surface area contributed by atoms with E-state index < -0.39 is 0 Å². The monoisotopic (exact) mass is 414 g/mol. The molecule has 0 unspecified atom stereocenters. The number of methoxy groups -OCH3 is 1. The van der Waals surface area contributed by atoms with Gasteiger partial charge < -0.3 is 9.47 Å². The van der Waals surface area contributed by atoms with Crippen molar-refractivity contribution in [2.75, 3.05) is 7.11 Å². The molecule has 0 saturated heterocycles. The molecule has 0 atom stereocenters. The Morgan fingerprint density at radius 3 is 2.14 bits per heavy atom. The van der Waals surface area contributed by atoms with Crippen LogP contribution in [0.15, 0.2) is 24.3 Å². The van der Waals surface area contributed by atoms with E-state index in [4.69, 9.17) is 9.47 Å². The average molecular weight is 414 g/mol. The highest BCUT2D eigenvalue weighted by molar-refractivity contribution is 14.1. The molecule has 0 aromatic heterocycles. The number of hydrogen-bond acceptors (Lipinski definition) is 4. The first kappa shape index (κ1) is 17.3. The third-order valence-corrected chi connectivity index (χ3v) is 4.66.